The molecule has 0 aliphatic carbocycles. The highest BCUT2D eigenvalue weighted by Crippen LogP contribution is 2.25. The average Bonchev–Trinajstić information content (AvgIpc) is 2.83. The zero-order chi connectivity index (χ0) is 23.3. The molecule has 1 fully saturated rings. The van der Waals surface area contributed by atoms with Gasteiger partial charge in [0, 0.05) is 16.6 Å². The SMILES string of the molecule is Cc1cc(COc2ccccc2C(=O)NC2(CN(O)C=O)CCNCC2)c2ccccc2n1. The molecule has 4 rings (SSSR count). The van der Waals surface area contributed by atoms with Crippen LogP contribution in [0.2, 0.25) is 0 Å². The monoisotopic (exact) mass is 448 g/mol. The summed E-state index contributed by atoms with van der Waals surface area (Å²) in [4.78, 5) is 28.8. The van der Waals surface area contributed by atoms with Crippen molar-refractivity contribution in [3.8, 4) is 5.75 Å². The molecule has 0 bridgehead atoms. The highest BCUT2D eigenvalue weighted by atomic mass is 16.5. The lowest BCUT2D eigenvalue weighted by molar-refractivity contribution is -0.154. The molecule has 8 heteroatoms. The minimum atomic E-state index is -0.719. The molecule has 1 saturated heterocycles. The summed E-state index contributed by atoms with van der Waals surface area (Å²) in [6.45, 7) is 3.62. The number of amides is 2. The lowest BCUT2D eigenvalue weighted by Crippen LogP contribution is -2.59. The maximum Gasteiger partial charge on any atom is 0.255 e. The molecule has 0 spiro atoms. The van der Waals surface area contributed by atoms with Crippen molar-refractivity contribution in [3.63, 3.8) is 0 Å². The van der Waals surface area contributed by atoms with Crippen molar-refractivity contribution in [2.45, 2.75) is 31.9 Å². The van der Waals surface area contributed by atoms with E-state index in [1.54, 1.807) is 18.2 Å². The molecule has 1 aliphatic heterocycles. The first-order chi connectivity index (χ1) is 16.0. The summed E-state index contributed by atoms with van der Waals surface area (Å²) in [6.07, 6.45) is 1.54. The van der Waals surface area contributed by atoms with Gasteiger partial charge in [0.1, 0.15) is 12.4 Å². The molecule has 2 aromatic carbocycles. The van der Waals surface area contributed by atoms with Crippen LogP contribution in [0.25, 0.3) is 10.9 Å². The van der Waals surface area contributed by atoms with Gasteiger partial charge in [0.05, 0.1) is 23.2 Å². The fourth-order valence-electron chi connectivity index (χ4n) is 4.33. The summed E-state index contributed by atoms with van der Waals surface area (Å²) in [5, 5.41) is 17.7. The third-order valence-electron chi connectivity index (χ3n) is 5.97. The van der Waals surface area contributed by atoms with E-state index >= 15 is 0 Å². The Balaban J connectivity index is 1.55. The van der Waals surface area contributed by atoms with E-state index in [1.807, 2.05) is 43.3 Å². The van der Waals surface area contributed by atoms with Gasteiger partial charge in [0.15, 0.2) is 0 Å². The largest absolute Gasteiger partial charge is 0.488 e. The van der Waals surface area contributed by atoms with Gasteiger partial charge in [-0.3, -0.25) is 19.8 Å². The van der Waals surface area contributed by atoms with Crippen molar-refractivity contribution in [1.29, 1.82) is 0 Å². The van der Waals surface area contributed by atoms with Gasteiger partial charge in [-0.2, -0.15) is 0 Å². The minimum absolute atomic E-state index is 0.0230. The fraction of sp³-hybridized carbons (Fsp3) is 0.320. The quantitative estimate of drug-likeness (QED) is 0.278. The van der Waals surface area contributed by atoms with Crippen molar-refractivity contribution in [2.24, 2.45) is 0 Å². The normalized spacial score (nSPS) is 15.1. The molecule has 0 atom stereocenters. The number of ether oxygens (including phenoxy) is 1. The first-order valence-electron chi connectivity index (χ1n) is 11.0. The number of carbonyl (C=O) groups is 2. The molecule has 0 saturated carbocycles. The van der Waals surface area contributed by atoms with E-state index in [4.69, 9.17) is 4.74 Å². The topological polar surface area (TPSA) is 104 Å². The molecule has 3 N–H and O–H groups in total. The van der Waals surface area contributed by atoms with Crippen LogP contribution in [0.3, 0.4) is 0 Å². The number of benzene rings is 2. The highest BCUT2D eigenvalue weighted by Gasteiger charge is 2.36. The number of hydrogen-bond donors (Lipinski definition) is 3. The van der Waals surface area contributed by atoms with E-state index < -0.39 is 5.54 Å². The summed E-state index contributed by atoms with van der Waals surface area (Å²) in [7, 11) is 0. The molecule has 1 aliphatic rings. The van der Waals surface area contributed by atoms with E-state index in [-0.39, 0.29) is 12.5 Å². The number of nitrogens with one attached hydrogen (secondary N) is 2. The van der Waals surface area contributed by atoms with Crippen LogP contribution in [-0.4, -0.2) is 52.7 Å². The van der Waals surface area contributed by atoms with Crippen LogP contribution in [0.1, 0.15) is 34.5 Å². The van der Waals surface area contributed by atoms with Crippen LogP contribution >= 0.6 is 0 Å². The van der Waals surface area contributed by atoms with Crippen LogP contribution in [0.15, 0.2) is 54.6 Å². The number of pyridine rings is 1. The predicted octanol–water partition coefficient (Wildman–Crippen LogP) is 2.82. The summed E-state index contributed by atoms with van der Waals surface area (Å²) in [6, 6.07) is 17.0. The number of piperidine rings is 1. The highest BCUT2D eigenvalue weighted by molar-refractivity contribution is 5.97. The minimum Gasteiger partial charge on any atom is -0.488 e. The van der Waals surface area contributed by atoms with E-state index in [2.05, 4.69) is 15.6 Å². The van der Waals surface area contributed by atoms with Crippen LogP contribution in [-0.2, 0) is 11.4 Å². The second kappa shape index (κ2) is 9.97. The molecule has 2 amide bonds. The number of carbonyl (C=O) groups excluding carboxylic acids is 2. The van der Waals surface area contributed by atoms with Crippen LogP contribution in [0.5, 0.6) is 5.75 Å². The molecule has 172 valence electrons. The van der Waals surface area contributed by atoms with Gasteiger partial charge in [0.2, 0.25) is 6.41 Å². The molecule has 1 aromatic heterocycles. The molecule has 33 heavy (non-hydrogen) atoms. The third-order valence-corrected chi connectivity index (χ3v) is 5.97. The van der Waals surface area contributed by atoms with Gasteiger partial charge < -0.3 is 15.4 Å². The Morgan fingerprint density at radius 1 is 1.21 bits per heavy atom. The number of hydrogen-bond acceptors (Lipinski definition) is 6. The summed E-state index contributed by atoms with van der Waals surface area (Å²) in [5.41, 5.74) is 2.48. The van der Waals surface area contributed by atoms with Crippen molar-refractivity contribution in [3.05, 3.63) is 71.4 Å². The number of aromatic nitrogens is 1. The average molecular weight is 449 g/mol. The zero-order valence-corrected chi connectivity index (χ0v) is 18.6. The Bertz CT molecular complexity index is 1140. The van der Waals surface area contributed by atoms with E-state index in [1.165, 1.54) is 0 Å². The molecular weight excluding hydrogens is 420 g/mol. The summed E-state index contributed by atoms with van der Waals surface area (Å²) >= 11 is 0. The second-order valence-electron chi connectivity index (χ2n) is 8.41. The van der Waals surface area contributed by atoms with Gasteiger partial charge in [-0.15, -0.1) is 0 Å². The third kappa shape index (κ3) is 5.30. The van der Waals surface area contributed by atoms with Crippen LogP contribution in [0, 0.1) is 6.92 Å². The fourth-order valence-corrected chi connectivity index (χ4v) is 4.33. The Hall–Kier alpha value is -3.49. The smallest absolute Gasteiger partial charge is 0.255 e. The van der Waals surface area contributed by atoms with Gasteiger partial charge in [0.25, 0.3) is 5.91 Å². The Labute approximate surface area is 192 Å². The number of aryl methyl sites for hydroxylation is 1. The Morgan fingerprint density at radius 2 is 1.94 bits per heavy atom. The molecule has 0 unspecified atom stereocenters. The van der Waals surface area contributed by atoms with Crippen LogP contribution in [0.4, 0.5) is 0 Å². The van der Waals surface area contributed by atoms with Gasteiger partial charge in [-0.25, -0.2) is 5.06 Å². The molecule has 0 radical (unpaired) electrons. The maximum atomic E-state index is 13.3. The van der Waals surface area contributed by atoms with Crippen LogP contribution < -0.4 is 15.4 Å². The van der Waals surface area contributed by atoms with Crippen molar-refractivity contribution >= 4 is 23.2 Å². The Kier molecular flexibility index (Phi) is 6.86. The first kappa shape index (κ1) is 22.7. The van der Waals surface area contributed by atoms with Crippen molar-refractivity contribution < 1.29 is 19.5 Å². The number of hydroxylamine groups is 2. The van der Waals surface area contributed by atoms with Gasteiger partial charge in [-0.05, 0) is 57.1 Å². The van der Waals surface area contributed by atoms with E-state index in [9.17, 15) is 14.8 Å². The number of para-hydroxylation sites is 2. The lowest BCUT2D eigenvalue weighted by atomic mass is 9.87. The van der Waals surface area contributed by atoms with Crippen molar-refractivity contribution in [2.75, 3.05) is 19.6 Å². The maximum absolute atomic E-state index is 13.3. The first-order valence-corrected chi connectivity index (χ1v) is 11.0. The van der Waals surface area contributed by atoms with Gasteiger partial charge >= 0.3 is 0 Å². The van der Waals surface area contributed by atoms with E-state index in [0.717, 1.165) is 22.2 Å². The molecule has 8 nitrogen and oxygen atoms in total. The predicted molar refractivity (Wildman–Crippen MR) is 124 cm³/mol. The molecular formula is C25H28N4O4. The lowest BCUT2D eigenvalue weighted by Gasteiger charge is -2.39. The number of fused-ring (bicyclic) bond motifs is 1. The van der Waals surface area contributed by atoms with E-state index in [0.29, 0.717) is 55.3 Å². The van der Waals surface area contributed by atoms with Crippen molar-refractivity contribution in [1.82, 2.24) is 20.7 Å². The van der Waals surface area contributed by atoms with Gasteiger partial charge in [-0.1, -0.05) is 30.3 Å². The molecule has 2 heterocycles. The summed E-state index contributed by atoms with van der Waals surface area (Å²) in [5.74, 6) is 0.163. The number of rotatable bonds is 8. The number of nitrogens with zero attached hydrogens (tertiary/aromatic N) is 2. The standard InChI is InChI=1S/C25H28N4O4/c1-18-14-19(20-6-2-4-8-22(20)27-18)15-33-23-9-5-3-7-21(23)24(31)28-25(16-29(32)17-30)10-12-26-13-11-25/h2-9,14,17,26,32H,10-13,15-16H2,1H3,(H,28,31). The summed E-state index contributed by atoms with van der Waals surface area (Å²) < 4.78 is 6.11. The zero-order valence-electron chi connectivity index (χ0n) is 18.6. The second-order valence-corrected chi connectivity index (χ2v) is 8.41. The Morgan fingerprint density at radius 3 is 2.73 bits per heavy atom. The molecule has 3 aromatic rings.